The van der Waals surface area contributed by atoms with E-state index in [1.165, 1.54) is 19.4 Å². The van der Waals surface area contributed by atoms with E-state index in [0.717, 1.165) is 17.9 Å². The summed E-state index contributed by atoms with van der Waals surface area (Å²) >= 11 is 0. The number of anilines is 4. The van der Waals surface area contributed by atoms with Crippen molar-refractivity contribution in [2.75, 3.05) is 50.0 Å². The van der Waals surface area contributed by atoms with Crippen LogP contribution in [0.3, 0.4) is 0 Å². The first-order valence-corrected chi connectivity index (χ1v) is 10.2. The zero-order valence-electron chi connectivity index (χ0n) is 18.9. The molecule has 2 aromatic carbocycles. The molecule has 3 rings (SSSR count). The van der Waals surface area contributed by atoms with Crippen molar-refractivity contribution in [2.24, 2.45) is 0 Å². The van der Waals surface area contributed by atoms with Crippen molar-refractivity contribution in [3.63, 3.8) is 0 Å². The molecule has 1 heterocycles. The third-order valence-corrected chi connectivity index (χ3v) is 4.64. The number of aromatic nitrogens is 2. The van der Waals surface area contributed by atoms with Crippen molar-refractivity contribution >= 4 is 28.9 Å². The second-order valence-electron chi connectivity index (χ2n) is 6.98. The minimum absolute atomic E-state index is 0.234. The van der Waals surface area contributed by atoms with Crippen molar-refractivity contribution < 1.29 is 19.0 Å². The van der Waals surface area contributed by atoms with Crippen molar-refractivity contribution in [1.29, 1.82) is 0 Å². The standard InChI is InChI=1S/C24H27N5O4/c1-5-22(30)26-18-7-6-8-20(15-18)33-23-21(32-4)16-25-24(28-23)27-17-9-11-19(12-10-17)29(2)13-14-31-3/h5-12,15-16H,1,13-14H2,2-4H3,(H,26,30)(H,25,27,28). The van der Waals surface area contributed by atoms with Gasteiger partial charge in [-0.05, 0) is 42.5 Å². The Hall–Kier alpha value is -4.11. The molecule has 0 atom stereocenters. The summed E-state index contributed by atoms with van der Waals surface area (Å²) in [6.07, 6.45) is 2.73. The fourth-order valence-corrected chi connectivity index (χ4v) is 2.86. The van der Waals surface area contributed by atoms with E-state index in [-0.39, 0.29) is 11.8 Å². The average molecular weight is 450 g/mol. The van der Waals surface area contributed by atoms with E-state index < -0.39 is 0 Å². The van der Waals surface area contributed by atoms with Crippen LogP contribution in [-0.2, 0) is 9.53 Å². The maximum Gasteiger partial charge on any atom is 0.267 e. The molecular formula is C24H27N5O4. The lowest BCUT2D eigenvalue weighted by molar-refractivity contribution is -0.111. The Morgan fingerprint density at radius 3 is 2.64 bits per heavy atom. The van der Waals surface area contributed by atoms with E-state index >= 15 is 0 Å². The van der Waals surface area contributed by atoms with E-state index in [0.29, 0.717) is 29.7 Å². The Labute approximate surface area is 193 Å². The van der Waals surface area contributed by atoms with Crippen molar-refractivity contribution in [2.45, 2.75) is 0 Å². The lowest BCUT2D eigenvalue weighted by atomic mass is 10.2. The Morgan fingerprint density at radius 2 is 1.94 bits per heavy atom. The van der Waals surface area contributed by atoms with Crippen LogP contribution in [0.5, 0.6) is 17.4 Å². The van der Waals surface area contributed by atoms with Crippen LogP contribution in [0.15, 0.2) is 67.4 Å². The topological polar surface area (TPSA) is 97.8 Å². The van der Waals surface area contributed by atoms with Gasteiger partial charge in [0.05, 0.1) is 19.9 Å². The van der Waals surface area contributed by atoms with Gasteiger partial charge in [0, 0.05) is 43.8 Å². The van der Waals surface area contributed by atoms with Crippen LogP contribution in [0.1, 0.15) is 0 Å². The van der Waals surface area contributed by atoms with Crippen LogP contribution in [0, 0.1) is 0 Å². The monoisotopic (exact) mass is 449 g/mol. The van der Waals surface area contributed by atoms with Crippen molar-refractivity contribution in [3.05, 3.63) is 67.4 Å². The molecule has 9 nitrogen and oxygen atoms in total. The first-order valence-electron chi connectivity index (χ1n) is 10.2. The third kappa shape index (κ3) is 6.68. The van der Waals surface area contributed by atoms with Gasteiger partial charge < -0.3 is 29.7 Å². The highest BCUT2D eigenvalue weighted by atomic mass is 16.5. The Kier molecular flexibility index (Phi) is 8.20. The summed E-state index contributed by atoms with van der Waals surface area (Å²) in [5, 5.41) is 5.86. The second-order valence-corrected chi connectivity index (χ2v) is 6.98. The Morgan fingerprint density at radius 1 is 1.15 bits per heavy atom. The number of hydrogen-bond acceptors (Lipinski definition) is 8. The number of nitrogens with one attached hydrogen (secondary N) is 2. The van der Waals surface area contributed by atoms with E-state index in [9.17, 15) is 4.79 Å². The van der Waals surface area contributed by atoms with Gasteiger partial charge in [0.15, 0.2) is 5.75 Å². The SMILES string of the molecule is C=CC(=O)Nc1cccc(Oc2nc(Nc3ccc(N(C)CCOC)cc3)ncc2OC)c1. The summed E-state index contributed by atoms with van der Waals surface area (Å²) in [6.45, 7) is 4.90. The number of benzene rings is 2. The molecule has 3 aromatic rings. The number of carbonyl (C=O) groups is 1. The smallest absolute Gasteiger partial charge is 0.267 e. The maximum absolute atomic E-state index is 11.5. The number of hydrogen-bond donors (Lipinski definition) is 2. The predicted molar refractivity (Wildman–Crippen MR) is 129 cm³/mol. The van der Waals surface area contributed by atoms with Gasteiger partial charge in [-0.3, -0.25) is 4.79 Å². The quantitative estimate of drug-likeness (QED) is 0.420. The van der Waals surface area contributed by atoms with E-state index in [1.807, 2.05) is 31.3 Å². The average Bonchev–Trinajstić information content (AvgIpc) is 2.83. The third-order valence-electron chi connectivity index (χ3n) is 4.64. The van der Waals surface area contributed by atoms with Gasteiger partial charge in [-0.1, -0.05) is 12.6 Å². The molecule has 0 unspecified atom stereocenters. The number of ether oxygens (including phenoxy) is 3. The van der Waals surface area contributed by atoms with Crippen molar-refractivity contribution in [1.82, 2.24) is 9.97 Å². The molecule has 0 aliphatic rings. The number of methoxy groups -OCH3 is 2. The zero-order valence-corrected chi connectivity index (χ0v) is 18.9. The number of amides is 1. The lowest BCUT2D eigenvalue weighted by Gasteiger charge is -2.19. The molecule has 172 valence electrons. The largest absolute Gasteiger partial charge is 0.490 e. The van der Waals surface area contributed by atoms with Crippen LogP contribution in [0.4, 0.5) is 23.0 Å². The van der Waals surface area contributed by atoms with E-state index in [4.69, 9.17) is 14.2 Å². The molecule has 0 fully saturated rings. The lowest BCUT2D eigenvalue weighted by Crippen LogP contribution is -2.21. The first kappa shape index (κ1) is 23.6. The maximum atomic E-state index is 11.5. The Balaban J connectivity index is 1.74. The molecule has 1 aromatic heterocycles. The van der Waals surface area contributed by atoms with Gasteiger partial charge in [0.2, 0.25) is 11.9 Å². The minimum atomic E-state index is -0.311. The fourth-order valence-electron chi connectivity index (χ4n) is 2.86. The Bertz CT molecular complexity index is 1090. The van der Waals surface area contributed by atoms with Gasteiger partial charge in [-0.25, -0.2) is 4.98 Å². The van der Waals surface area contributed by atoms with Crippen LogP contribution >= 0.6 is 0 Å². The minimum Gasteiger partial charge on any atom is -0.490 e. The van der Waals surface area contributed by atoms with Gasteiger partial charge >= 0.3 is 0 Å². The summed E-state index contributed by atoms with van der Waals surface area (Å²) in [5.41, 5.74) is 2.46. The van der Waals surface area contributed by atoms with Crippen LogP contribution in [-0.4, -0.2) is 50.3 Å². The van der Waals surface area contributed by atoms with Gasteiger partial charge in [0.25, 0.3) is 5.88 Å². The second kappa shape index (κ2) is 11.5. The molecule has 0 aliphatic heterocycles. The van der Waals surface area contributed by atoms with Crippen LogP contribution in [0.25, 0.3) is 0 Å². The van der Waals surface area contributed by atoms with Crippen molar-refractivity contribution in [3.8, 4) is 17.4 Å². The highest BCUT2D eigenvalue weighted by Gasteiger charge is 2.12. The number of nitrogens with zero attached hydrogens (tertiary/aromatic N) is 3. The molecule has 0 aliphatic carbocycles. The fraction of sp³-hybridized carbons (Fsp3) is 0.208. The molecule has 1 amide bonds. The highest BCUT2D eigenvalue weighted by Crippen LogP contribution is 2.31. The molecule has 33 heavy (non-hydrogen) atoms. The summed E-state index contributed by atoms with van der Waals surface area (Å²) in [6, 6.07) is 14.8. The van der Waals surface area contributed by atoms with Gasteiger partial charge in [-0.15, -0.1) is 0 Å². The van der Waals surface area contributed by atoms with Gasteiger partial charge in [0.1, 0.15) is 5.75 Å². The molecular weight excluding hydrogens is 422 g/mol. The highest BCUT2D eigenvalue weighted by molar-refractivity contribution is 5.98. The molecule has 0 saturated heterocycles. The molecule has 2 N–H and O–H groups in total. The summed E-state index contributed by atoms with van der Waals surface area (Å²) in [7, 11) is 5.21. The number of likely N-dealkylation sites (N-methyl/N-ethyl adjacent to an activating group) is 1. The molecule has 0 bridgehead atoms. The summed E-state index contributed by atoms with van der Waals surface area (Å²) in [5.74, 6) is 1.12. The molecule has 0 saturated carbocycles. The molecule has 0 radical (unpaired) electrons. The van der Waals surface area contributed by atoms with Gasteiger partial charge in [-0.2, -0.15) is 4.98 Å². The number of carbonyl (C=O) groups excluding carboxylic acids is 1. The van der Waals surface area contributed by atoms with E-state index in [2.05, 4.69) is 32.1 Å². The summed E-state index contributed by atoms with van der Waals surface area (Å²) < 4.78 is 16.4. The predicted octanol–water partition coefficient (Wildman–Crippen LogP) is 4.23. The van der Waals surface area contributed by atoms with Crippen LogP contribution < -0.4 is 25.0 Å². The first-order chi connectivity index (χ1) is 16.0. The molecule has 0 spiro atoms. The number of rotatable bonds is 11. The van der Waals surface area contributed by atoms with E-state index in [1.54, 1.807) is 31.4 Å². The normalized spacial score (nSPS) is 10.3. The van der Waals surface area contributed by atoms with Crippen LogP contribution in [0.2, 0.25) is 0 Å². The molecule has 9 heteroatoms. The zero-order chi connectivity index (χ0) is 23.6. The summed E-state index contributed by atoms with van der Waals surface area (Å²) in [4.78, 5) is 22.4.